The van der Waals surface area contributed by atoms with Crippen molar-refractivity contribution >= 4 is 10.8 Å². The Kier molecular flexibility index (Phi) is 6.80. The summed E-state index contributed by atoms with van der Waals surface area (Å²) in [6, 6.07) is 16.8. The van der Waals surface area contributed by atoms with Gasteiger partial charge in [-0.1, -0.05) is 30.3 Å². The van der Waals surface area contributed by atoms with Gasteiger partial charge in [-0.2, -0.15) is 0 Å². The predicted molar refractivity (Wildman–Crippen MR) is 99.5 cm³/mol. The summed E-state index contributed by atoms with van der Waals surface area (Å²) in [6.45, 7) is 0.565. The lowest BCUT2D eigenvalue weighted by atomic mass is 10.1. The van der Waals surface area contributed by atoms with Crippen LogP contribution in [0.3, 0.4) is 0 Å². The first-order valence-electron chi connectivity index (χ1n) is 8.68. The predicted octanol–water partition coefficient (Wildman–Crippen LogP) is 3.06. The number of hydrogen-bond acceptors (Lipinski definition) is 5. The number of benzene rings is 2. The molecule has 0 bridgehead atoms. The van der Waals surface area contributed by atoms with E-state index in [2.05, 4.69) is 0 Å². The number of rotatable bonds is 7. The highest BCUT2D eigenvalue weighted by Crippen LogP contribution is 2.29. The molecule has 1 heterocycles. The summed E-state index contributed by atoms with van der Waals surface area (Å²) < 4.78 is 29.2. The van der Waals surface area contributed by atoms with Gasteiger partial charge < -0.3 is 19.3 Å². The second kappa shape index (κ2) is 9.28. The van der Waals surface area contributed by atoms with E-state index in [0.717, 1.165) is 16.2 Å². The Hall–Kier alpha value is -1.73. The van der Waals surface area contributed by atoms with E-state index in [0.29, 0.717) is 19.4 Å². The third-order valence-corrected chi connectivity index (χ3v) is 5.78. The van der Waals surface area contributed by atoms with Gasteiger partial charge in [0.2, 0.25) is 0 Å². The molecule has 0 aromatic heterocycles. The standard InChI is InChI=1S/C20H24O5S/c1-23-17-9-7-15(8-10-17)20-24-12-11-18(25-20)13-16(21)14-26(22)19-5-3-2-4-6-19/h2-10,16,18,20-21H,11-14H2,1H3/t16-,18-,20-,26-/m1/s1. The van der Waals surface area contributed by atoms with E-state index in [1.807, 2.05) is 54.6 Å². The molecule has 1 aliphatic rings. The molecule has 0 radical (unpaired) electrons. The molecule has 0 aliphatic carbocycles. The smallest absolute Gasteiger partial charge is 0.184 e. The third kappa shape index (κ3) is 5.14. The van der Waals surface area contributed by atoms with E-state index in [1.165, 1.54) is 0 Å². The molecule has 0 unspecified atom stereocenters. The van der Waals surface area contributed by atoms with Crippen molar-refractivity contribution in [3.8, 4) is 5.75 Å². The average molecular weight is 376 g/mol. The minimum absolute atomic E-state index is 0.126. The molecule has 1 fully saturated rings. The van der Waals surface area contributed by atoms with Gasteiger partial charge in [-0.15, -0.1) is 0 Å². The first-order chi connectivity index (χ1) is 12.7. The molecular formula is C20H24O5S. The van der Waals surface area contributed by atoms with Crippen LogP contribution in [0.5, 0.6) is 5.75 Å². The van der Waals surface area contributed by atoms with E-state index in [1.54, 1.807) is 7.11 Å². The van der Waals surface area contributed by atoms with Crippen molar-refractivity contribution in [2.24, 2.45) is 0 Å². The molecule has 1 N–H and O–H groups in total. The highest BCUT2D eigenvalue weighted by Gasteiger charge is 2.27. The van der Waals surface area contributed by atoms with Crippen LogP contribution >= 0.6 is 0 Å². The van der Waals surface area contributed by atoms with Crippen molar-refractivity contribution in [1.82, 2.24) is 0 Å². The van der Waals surface area contributed by atoms with E-state index >= 15 is 0 Å². The average Bonchev–Trinajstić information content (AvgIpc) is 2.69. The lowest BCUT2D eigenvalue weighted by molar-refractivity contribution is -0.221. The molecule has 5 nitrogen and oxygen atoms in total. The molecule has 0 spiro atoms. The van der Waals surface area contributed by atoms with E-state index in [9.17, 15) is 9.32 Å². The number of ether oxygens (including phenoxy) is 3. The molecule has 6 heteroatoms. The zero-order valence-corrected chi connectivity index (χ0v) is 15.6. The van der Waals surface area contributed by atoms with Crippen LogP contribution in [-0.4, -0.2) is 41.0 Å². The van der Waals surface area contributed by atoms with Crippen molar-refractivity contribution < 1.29 is 23.5 Å². The highest BCUT2D eigenvalue weighted by molar-refractivity contribution is 7.85. The molecule has 1 aliphatic heterocycles. The SMILES string of the molecule is COc1ccc([C@@H]2OCC[C@H](C[C@@H](O)C[S@@](=O)c3ccccc3)O2)cc1. The first kappa shape index (κ1) is 19.0. The summed E-state index contributed by atoms with van der Waals surface area (Å²) in [7, 11) is 0.407. The van der Waals surface area contributed by atoms with Crippen LogP contribution in [0.15, 0.2) is 59.5 Å². The van der Waals surface area contributed by atoms with Gasteiger partial charge in [0.05, 0.1) is 42.5 Å². The van der Waals surface area contributed by atoms with Gasteiger partial charge in [-0.3, -0.25) is 4.21 Å². The number of aliphatic hydroxyl groups is 1. The van der Waals surface area contributed by atoms with Crippen molar-refractivity contribution in [1.29, 1.82) is 0 Å². The van der Waals surface area contributed by atoms with Gasteiger partial charge in [0.25, 0.3) is 0 Å². The molecule has 2 aromatic rings. The molecule has 3 rings (SSSR count). The summed E-state index contributed by atoms with van der Waals surface area (Å²) in [5, 5.41) is 10.3. The third-order valence-electron chi connectivity index (χ3n) is 4.30. The van der Waals surface area contributed by atoms with Crippen LogP contribution in [-0.2, 0) is 20.3 Å². The molecule has 1 saturated heterocycles. The fourth-order valence-corrected chi connectivity index (χ4v) is 4.05. The fourth-order valence-electron chi connectivity index (χ4n) is 2.91. The van der Waals surface area contributed by atoms with Crippen LogP contribution in [0.25, 0.3) is 0 Å². The lowest BCUT2D eigenvalue weighted by Gasteiger charge is -2.31. The maximum Gasteiger partial charge on any atom is 0.184 e. The number of aliphatic hydroxyl groups excluding tert-OH is 1. The van der Waals surface area contributed by atoms with Crippen LogP contribution in [0.2, 0.25) is 0 Å². The van der Waals surface area contributed by atoms with Gasteiger partial charge >= 0.3 is 0 Å². The van der Waals surface area contributed by atoms with Gasteiger partial charge in [-0.05, 0) is 30.7 Å². The monoisotopic (exact) mass is 376 g/mol. The summed E-state index contributed by atoms with van der Waals surface area (Å²) >= 11 is 0. The van der Waals surface area contributed by atoms with E-state index in [4.69, 9.17) is 14.2 Å². The molecule has 0 amide bonds. The number of hydrogen-bond donors (Lipinski definition) is 1. The summed E-state index contributed by atoms with van der Waals surface area (Å²) in [5.74, 6) is 0.984. The Balaban J connectivity index is 1.53. The van der Waals surface area contributed by atoms with Gasteiger partial charge in [-0.25, -0.2) is 0 Å². The molecule has 0 saturated carbocycles. The Morgan fingerprint density at radius 2 is 1.92 bits per heavy atom. The zero-order chi connectivity index (χ0) is 18.4. The van der Waals surface area contributed by atoms with E-state index < -0.39 is 23.2 Å². The van der Waals surface area contributed by atoms with Crippen molar-refractivity contribution in [2.45, 2.75) is 36.2 Å². The summed E-state index contributed by atoms with van der Waals surface area (Å²) in [4.78, 5) is 0.732. The van der Waals surface area contributed by atoms with Gasteiger partial charge in [0.1, 0.15) is 5.75 Å². The molecular weight excluding hydrogens is 352 g/mol. The Bertz CT molecular complexity index is 704. The van der Waals surface area contributed by atoms with Crippen LogP contribution in [0.1, 0.15) is 24.7 Å². The Morgan fingerprint density at radius 1 is 1.19 bits per heavy atom. The Labute approximate surface area is 156 Å². The maximum absolute atomic E-state index is 12.3. The quantitative estimate of drug-likeness (QED) is 0.805. The van der Waals surface area contributed by atoms with Crippen LogP contribution in [0.4, 0.5) is 0 Å². The molecule has 26 heavy (non-hydrogen) atoms. The largest absolute Gasteiger partial charge is 0.497 e. The second-order valence-corrected chi connectivity index (χ2v) is 7.73. The lowest BCUT2D eigenvalue weighted by Crippen LogP contribution is -2.32. The van der Waals surface area contributed by atoms with Crippen LogP contribution in [0, 0.1) is 0 Å². The van der Waals surface area contributed by atoms with Gasteiger partial charge in [0, 0.05) is 16.9 Å². The van der Waals surface area contributed by atoms with Crippen molar-refractivity contribution in [2.75, 3.05) is 19.5 Å². The van der Waals surface area contributed by atoms with Gasteiger partial charge in [0.15, 0.2) is 6.29 Å². The first-order valence-corrected chi connectivity index (χ1v) is 10.00. The summed E-state index contributed by atoms with van der Waals surface area (Å²) in [6.07, 6.45) is -0.114. The second-order valence-electron chi connectivity index (χ2n) is 6.24. The molecule has 4 atom stereocenters. The molecule has 2 aromatic carbocycles. The molecule has 140 valence electrons. The fraction of sp³-hybridized carbons (Fsp3) is 0.400. The van der Waals surface area contributed by atoms with E-state index in [-0.39, 0.29) is 11.9 Å². The summed E-state index contributed by atoms with van der Waals surface area (Å²) in [5.41, 5.74) is 0.915. The maximum atomic E-state index is 12.3. The Morgan fingerprint density at radius 3 is 2.62 bits per heavy atom. The topological polar surface area (TPSA) is 65.0 Å². The van der Waals surface area contributed by atoms with Crippen molar-refractivity contribution in [3.63, 3.8) is 0 Å². The number of methoxy groups -OCH3 is 1. The zero-order valence-electron chi connectivity index (χ0n) is 14.7. The minimum Gasteiger partial charge on any atom is -0.497 e. The highest BCUT2D eigenvalue weighted by atomic mass is 32.2. The normalized spacial score (nSPS) is 22.5. The van der Waals surface area contributed by atoms with Crippen molar-refractivity contribution in [3.05, 3.63) is 60.2 Å². The minimum atomic E-state index is -1.22. The van der Waals surface area contributed by atoms with Crippen LogP contribution < -0.4 is 4.74 Å².